The van der Waals surface area contributed by atoms with E-state index in [2.05, 4.69) is 62.1 Å². The second-order valence-electron chi connectivity index (χ2n) is 5.55. The van der Waals surface area contributed by atoms with E-state index in [0.717, 1.165) is 37.8 Å². The van der Waals surface area contributed by atoms with Crippen molar-refractivity contribution in [1.82, 2.24) is 9.88 Å². The maximum atomic E-state index is 4.69. The molecule has 1 rings (SSSR count). The van der Waals surface area contributed by atoms with Gasteiger partial charge in [0, 0.05) is 26.2 Å². The van der Waals surface area contributed by atoms with Crippen LogP contribution in [-0.4, -0.2) is 50.2 Å². The van der Waals surface area contributed by atoms with E-state index in [4.69, 9.17) is 4.98 Å². The van der Waals surface area contributed by atoms with Crippen molar-refractivity contribution in [2.45, 2.75) is 20.8 Å². The van der Waals surface area contributed by atoms with E-state index in [1.807, 2.05) is 6.07 Å². The summed E-state index contributed by atoms with van der Waals surface area (Å²) in [5.74, 6) is 2.65. The molecule has 1 aromatic heterocycles. The fourth-order valence-corrected chi connectivity index (χ4v) is 1.94. The van der Waals surface area contributed by atoms with Gasteiger partial charge >= 0.3 is 0 Å². The molecule has 0 aliphatic rings. The molecule has 0 radical (unpaired) electrons. The number of nitrogens with zero attached hydrogens (tertiary/aromatic N) is 3. The van der Waals surface area contributed by atoms with Crippen LogP contribution in [0.4, 0.5) is 11.6 Å². The first kappa shape index (κ1) is 15.8. The molecule has 0 aliphatic heterocycles. The van der Waals surface area contributed by atoms with Gasteiger partial charge < -0.3 is 15.1 Å². The maximum Gasteiger partial charge on any atom is 0.131 e. The van der Waals surface area contributed by atoms with E-state index >= 15 is 0 Å². The lowest BCUT2D eigenvalue weighted by Crippen LogP contribution is -2.35. The SMILES string of the molecule is CCNc1cccc(N(CCN(C)C)CC(C)C)n1. The highest BCUT2D eigenvalue weighted by Gasteiger charge is 2.10. The first-order valence-electron chi connectivity index (χ1n) is 7.13. The molecule has 0 aliphatic carbocycles. The van der Waals surface area contributed by atoms with Crippen LogP contribution < -0.4 is 10.2 Å². The van der Waals surface area contributed by atoms with Crippen molar-refractivity contribution in [2.24, 2.45) is 5.92 Å². The topological polar surface area (TPSA) is 31.4 Å². The number of hydrogen-bond acceptors (Lipinski definition) is 4. The van der Waals surface area contributed by atoms with Gasteiger partial charge in [0.15, 0.2) is 0 Å². The molecule has 0 saturated heterocycles. The Bertz CT molecular complexity index is 363. The van der Waals surface area contributed by atoms with Gasteiger partial charge in [0.25, 0.3) is 0 Å². The summed E-state index contributed by atoms with van der Waals surface area (Å²) >= 11 is 0. The minimum atomic E-state index is 0.631. The highest BCUT2D eigenvalue weighted by atomic mass is 15.2. The molecular weight excluding hydrogens is 236 g/mol. The van der Waals surface area contributed by atoms with E-state index in [1.165, 1.54) is 0 Å². The number of anilines is 2. The van der Waals surface area contributed by atoms with Gasteiger partial charge in [-0.05, 0) is 39.1 Å². The number of rotatable bonds is 8. The average molecular weight is 264 g/mol. The summed E-state index contributed by atoms with van der Waals surface area (Å²) in [4.78, 5) is 9.27. The molecule has 0 bridgehead atoms. The lowest BCUT2D eigenvalue weighted by atomic mass is 10.2. The highest BCUT2D eigenvalue weighted by molar-refractivity contribution is 5.47. The van der Waals surface area contributed by atoms with Crippen molar-refractivity contribution in [1.29, 1.82) is 0 Å². The monoisotopic (exact) mass is 264 g/mol. The van der Waals surface area contributed by atoms with Crippen LogP contribution in [0.1, 0.15) is 20.8 Å². The first-order valence-corrected chi connectivity index (χ1v) is 7.13. The molecule has 0 aromatic carbocycles. The van der Waals surface area contributed by atoms with Gasteiger partial charge in [-0.3, -0.25) is 0 Å². The van der Waals surface area contributed by atoms with Crippen LogP contribution >= 0.6 is 0 Å². The van der Waals surface area contributed by atoms with Crippen LogP contribution in [0.25, 0.3) is 0 Å². The largest absolute Gasteiger partial charge is 0.370 e. The van der Waals surface area contributed by atoms with E-state index < -0.39 is 0 Å². The number of pyridine rings is 1. The summed E-state index contributed by atoms with van der Waals surface area (Å²) in [5.41, 5.74) is 0. The highest BCUT2D eigenvalue weighted by Crippen LogP contribution is 2.15. The van der Waals surface area contributed by atoms with Crippen molar-refractivity contribution < 1.29 is 0 Å². The number of likely N-dealkylation sites (N-methyl/N-ethyl adjacent to an activating group) is 1. The van der Waals surface area contributed by atoms with Crippen molar-refractivity contribution in [3.8, 4) is 0 Å². The normalized spacial score (nSPS) is 11.1. The molecule has 0 fully saturated rings. The van der Waals surface area contributed by atoms with Gasteiger partial charge in [-0.1, -0.05) is 19.9 Å². The quantitative estimate of drug-likeness (QED) is 0.782. The zero-order chi connectivity index (χ0) is 14.3. The third-order valence-corrected chi connectivity index (χ3v) is 2.82. The molecule has 1 aromatic rings. The average Bonchev–Trinajstić information content (AvgIpc) is 2.34. The maximum absolute atomic E-state index is 4.69. The summed E-state index contributed by atoms with van der Waals surface area (Å²) in [7, 11) is 4.21. The van der Waals surface area contributed by atoms with Gasteiger partial charge in [0.05, 0.1) is 0 Å². The Labute approximate surface area is 117 Å². The minimum absolute atomic E-state index is 0.631. The van der Waals surface area contributed by atoms with Gasteiger partial charge in [-0.15, -0.1) is 0 Å². The minimum Gasteiger partial charge on any atom is -0.370 e. The third-order valence-electron chi connectivity index (χ3n) is 2.82. The van der Waals surface area contributed by atoms with Gasteiger partial charge in [-0.2, -0.15) is 0 Å². The predicted octanol–water partition coefficient (Wildman–Crippen LogP) is 2.54. The summed E-state index contributed by atoms with van der Waals surface area (Å²) in [6.45, 7) is 10.6. The van der Waals surface area contributed by atoms with Crippen LogP contribution in [0.2, 0.25) is 0 Å². The molecule has 19 heavy (non-hydrogen) atoms. The second kappa shape index (κ2) is 8.00. The Morgan fingerprint density at radius 3 is 2.53 bits per heavy atom. The summed E-state index contributed by atoms with van der Waals surface area (Å²) in [5, 5.41) is 3.27. The van der Waals surface area contributed by atoms with Crippen LogP contribution in [0, 0.1) is 5.92 Å². The number of hydrogen-bond donors (Lipinski definition) is 1. The molecular formula is C15H28N4. The van der Waals surface area contributed by atoms with Crippen molar-refractivity contribution in [2.75, 3.05) is 50.5 Å². The fraction of sp³-hybridized carbons (Fsp3) is 0.667. The lowest BCUT2D eigenvalue weighted by molar-refractivity contribution is 0.408. The van der Waals surface area contributed by atoms with Crippen molar-refractivity contribution in [3.63, 3.8) is 0 Å². The molecule has 4 nitrogen and oxygen atoms in total. The van der Waals surface area contributed by atoms with Gasteiger partial charge in [0.2, 0.25) is 0 Å². The third kappa shape index (κ3) is 5.92. The Morgan fingerprint density at radius 2 is 1.95 bits per heavy atom. The van der Waals surface area contributed by atoms with Gasteiger partial charge in [-0.25, -0.2) is 4.98 Å². The molecule has 0 unspecified atom stereocenters. The standard InChI is InChI=1S/C15H28N4/c1-6-16-14-8-7-9-15(17-14)19(12-13(2)3)11-10-18(4)5/h7-9,13H,6,10-12H2,1-5H3,(H,16,17). The van der Waals surface area contributed by atoms with Gasteiger partial charge in [0.1, 0.15) is 11.6 Å². The molecule has 0 spiro atoms. The van der Waals surface area contributed by atoms with E-state index in [9.17, 15) is 0 Å². The van der Waals surface area contributed by atoms with Crippen molar-refractivity contribution in [3.05, 3.63) is 18.2 Å². The molecule has 0 amide bonds. The Balaban J connectivity index is 2.79. The molecule has 0 atom stereocenters. The summed E-state index contributed by atoms with van der Waals surface area (Å²) in [6, 6.07) is 6.19. The Hall–Kier alpha value is -1.29. The summed E-state index contributed by atoms with van der Waals surface area (Å²) < 4.78 is 0. The fourth-order valence-electron chi connectivity index (χ4n) is 1.94. The zero-order valence-corrected chi connectivity index (χ0v) is 13.0. The zero-order valence-electron chi connectivity index (χ0n) is 13.0. The molecule has 1 N–H and O–H groups in total. The van der Waals surface area contributed by atoms with Crippen LogP contribution in [0.3, 0.4) is 0 Å². The predicted molar refractivity (Wildman–Crippen MR) is 84.0 cm³/mol. The lowest BCUT2D eigenvalue weighted by Gasteiger charge is -2.27. The first-order chi connectivity index (χ1) is 9.02. The molecule has 108 valence electrons. The Kier molecular flexibility index (Phi) is 6.64. The van der Waals surface area contributed by atoms with E-state index in [0.29, 0.717) is 5.92 Å². The second-order valence-corrected chi connectivity index (χ2v) is 5.55. The number of nitrogens with one attached hydrogen (secondary N) is 1. The molecule has 4 heteroatoms. The smallest absolute Gasteiger partial charge is 0.131 e. The number of aromatic nitrogens is 1. The Morgan fingerprint density at radius 1 is 1.21 bits per heavy atom. The summed E-state index contributed by atoms with van der Waals surface area (Å²) in [6.07, 6.45) is 0. The van der Waals surface area contributed by atoms with Crippen LogP contribution in [0.5, 0.6) is 0 Å². The molecule has 0 saturated carbocycles. The van der Waals surface area contributed by atoms with E-state index in [1.54, 1.807) is 0 Å². The van der Waals surface area contributed by atoms with E-state index in [-0.39, 0.29) is 0 Å². The molecule has 1 heterocycles. The van der Waals surface area contributed by atoms with Crippen LogP contribution in [0.15, 0.2) is 18.2 Å². The van der Waals surface area contributed by atoms with Crippen LogP contribution in [-0.2, 0) is 0 Å². The van der Waals surface area contributed by atoms with Crippen molar-refractivity contribution >= 4 is 11.6 Å².